The van der Waals surface area contributed by atoms with Gasteiger partial charge in [-0.05, 0) is 20.3 Å². The summed E-state index contributed by atoms with van der Waals surface area (Å²) in [6, 6.07) is 0. The van der Waals surface area contributed by atoms with Crippen molar-refractivity contribution in [3.8, 4) is 0 Å². The Balaban J connectivity index is 2.07. The van der Waals surface area contributed by atoms with Crippen molar-refractivity contribution in [3.05, 3.63) is 12.2 Å². The average Bonchev–Trinajstić information content (AvgIpc) is 3.29. The number of carbonyl (C=O) groups excluding carboxylic acids is 1. The zero-order chi connectivity index (χ0) is 19.7. The van der Waals surface area contributed by atoms with E-state index in [4.69, 9.17) is 9.47 Å². The van der Waals surface area contributed by atoms with Crippen molar-refractivity contribution in [2.24, 2.45) is 17.8 Å². The second kappa shape index (κ2) is 8.04. The van der Waals surface area contributed by atoms with Gasteiger partial charge < -0.3 is 29.9 Å². The van der Waals surface area contributed by atoms with E-state index in [1.807, 2.05) is 26.0 Å². The van der Waals surface area contributed by atoms with Crippen LogP contribution in [0.15, 0.2) is 12.2 Å². The number of rotatable bonds is 8. The highest BCUT2D eigenvalue weighted by Crippen LogP contribution is 2.47. The third-order valence-electron chi connectivity index (χ3n) is 5.83. The first-order valence-corrected chi connectivity index (χ1v) is 9.31. The molecule has 2 fully saturated rings. The van der Waals surface area contributed by atoms with Gasteiger partial charge in [-0.1, -0.05) is 26.0 Å². The lowest BCUT2D eigenvalue weighted by Gasteiger charge is -2.39. The van der Waals surface area contributed by atoms with Crippen molar-refractivity contribution in [3.63, 3.8) is 0 Å². The van der Waals surface area contributed by atoms with Crippen molar-refractivity contribution >= 4 is 5.78 Å². The lowest BCUT2D eigenvalue weighted by Crippen LogP contribution is -2.53. The lowest BCUT2D eigenvalue weighted by atomic mass is 9.78. The molecule has 0 saturated carbocycles. The zero-order valence-electron chi connectivity index (χ0n) is 16.0. The van der Waals surface area contributed by atoms with Gasteiger partial charge in [0.2, 0.25) is 0 Å². The van der Waals surface area contributed by atoms with Crippen molar-refractivity contribution < 1.29 is 34.7 Å². The monoisotopic (exact) mass is 372 g/mol. The normalized spacial score (nSPS) is 41.0. The highest BCUT2D eigenvalue weighted by Gasteiger charge is 2.62. The maximum absolute atomic E-state index is 12.8. The van der Waals surface area contributed by atoms with Crippen LogP contribution in [-0.4, -0.2) is 69.1 Å². The Hall–Kier alpha value is -0.830. The van der Waals surface area contributed by atoms with Crippen molar-refractivity contribution in [2.45, 2.75) is 70.2 Å². The number of allylic oxidation sites excluding steroid dienone is 1. The number of aliphatic hydroxyl groups excluding tert-OH is 3. The van der Waals surface area contributed by atoms with Crippen LogP contribution in [0, 0.1) is 17.8 Å². The van der Waals surface area contributed by atoms with Crippen LogP contribution in [0.4, 0.5) is 0 Å². The molecule has 0 amide bonds. The summed E-state index contributed by atoms with van der Waals surface area (Å²) < 4.78 is 11.0. The quantitative estimate of drug-likeness (QED) is 0.359. The van der Waals surface area contributed by atoms with E-state index in [1.54, 1.807) is 13.8 Å². The molecule has 0 bridgehead atoms. The van der Waals surface area contributed by atoms with E-state index >= 15 is 0 Å². The lowest BCUT2D eigenvalue weighted by molar-refractivity contribution is -0.258. The highest BCUT2D eigenvalue weighted by molar-refractivity contribution is 5.85. The summed E-state index contributed by atoms with van der Waals surface area (Å²) in [5.74, 6) is -3.83. The molecule has 0 spiro atoms. The van der Waals surface area contributed by atoms with Gasteiger partial charge in [0.15, 0.2) is 5.79 Å². The minimum absolute atomic E-state index is 0.0669. The fourth-order valence-corrected chi connectivity index (χ4v) is 3.93. The Morgan fingerprint density at radius 3 is 2.58 bits per heavy atom. The highest BCUT2D eigenvalue weighted by atomic mass is 16.6. The van der Waals surface area contributed by atoms with Gasteiger partial charge in [0, 0.05) is 12.3 Å². The van der Waals surface area contributed by atoms with Gasteiger partial charge >= 0.3 is 0 Å². The standard InChI is InChI=1S/C19H32O7/c1-5-7-11(3)17-18(4,26-17)16(23)12(9-20)15(22)13-10-25-19(24,6-2)8-14(13)21/h5,7,11-14,16-17,20-21,23-24H,6,8-10H2,1-4H3/t11-,12-,13+,14-,16-,17+,18?,19?/m0/s1. The van der Waals surface area contributed by atoms with E-state index < -0.39 is 47.8 Å². The molecule has 8 atom stereocenters. The molecule has 2 heterocycles. The molecule has 150 valence electrons. The van der Waals surface area contributed by atoms with Gasteiger partial charge in [0.1, 0.15) is 11.4 Å². The second-order valence-electron chi connectivity index (χ2n) is 7.73. The van der Waals surface area contributed by atoms with Gasteiger partial charge in [-0.3, -0.25) is 4.79 Å². The molecule has 7 heteroatoms. The molecule has 2 unspecified atom stereocenters. The van der Waals surface area contributed by atoms with E-state index in [0.29, 0.717) is 6.42 Å². The Labute approximate surface area is 154 Å². The minimum Gasteiger partial charge on any atom is -0.396 e. The van der Waals surface area contributed by atoms with Crippen LogP contribution in [0.25, 0.3) is 0 Å². The molecule has 0 aromatic carbocycles. The fraction of sp³-hybridized carbons (Fsp3) is 0.842. The smallest absolute Gasteiger partial charge is 0.167 e. The molecule has 2 aliphatic rings. The maximum atomic E-state index is 12.8. The SMILES string of the molecule is CC=C[C@H](C)[C@H]1OC1(C)[C@@H](O)[C@@H](CO)C(=O)[C@@H]1COC(O)(CC)C[C@@H]1O. The van der Waals surface area contributed by atoms with Crippen molar-refractivity contribution in [1.29, 1.82) is 0 Å². The minimum atomic E-state index is -1.44. The number of hydrogen-bond acceptors (Lipinski definition) is 7. The van der Waals surface area contributed by atoms with E-state index in [-0.39, 0.29) is 25.0 Å². The molecule has 0 aromatic heterocycles. The molecule has 0 aliphatic carbocycles. The summed E-state index contributed by atoms with van der Waals surface area (Å²) in [6.45, 7) is 6.61. The predicted molar refractivity (Wildman–Crippen MR) is 94.2 cm³/mol. The van der Waals surface area contributed by atoms with E-state index in [1.165, 1.54) is 0 Å². The van der Waals surface area contributed by atoms with Crippen LogP contribution in [0.2, 0.25) is 0 Å². The van der Waals surface area contributed by atoms with Crippen LogP contribution in [0.1, 0.15) is 40.5 Å². The number of Topliss-reactive ketones (excluding diaryl/α,β-unsaturated/α-hetero) is 1. The van der Waals surface area contributed by atoms with Crippen LogP contribution in [-0.2, 0) is 14.3 Å². The van der Waals surface area contributed by atoms with Crippen molar-refractivity contribution in [2.75, 3.05) is 13.2 Å². The number of carbonyl (C=O) groups is 1. The first kappa shape index (κ1) is 21.5. The number of hydrogen-bond donors (Lipinski definition) is 4. The Bertz CT molecular complexity index is 536. The molecule has 26 heavy (non-hydrogen) atoms. The first-order chi connectivity index (χ1) is 12.1. The number of ketones is 1. The number of epoxide rings is 1. The average molecular weight is 372 g/mol. The maximum Gasteiger partial charge on any atom is 0.167 e. The van der Waals surface area contributed by atoms with E-state index in [0.717, 1.165) is 0 Å². The first-order valence-electron chi connectivity index (χ1n) is 9.31. The third-order valence-corrected chi connectivity index (χ3v) is 5.83. The van der Waals surface area contributed by atoms with E-state index in [9.17, 15) is 25.2 Å². The molecule has 2 aliphatic heterocycles. The largest absolute Gasteiger partial charge is 0.396 e. The summed E-state index contributed by atoms with van der Waals surface area (Å²) in [5, 5.41) is 40.9. The summed E-state index contributed by atoms with van der Waals surface area (Å²) in [6.07, 6.45) is 1.55. The topological polar surface area (TPSA) is 120 Å². The van der Waals surface area contributed by atoms with Gasteiger partial charge in [-0.2, -0.15) is 0 Å². The predicted octanol–water partition coefficient (Wildman–Crippen LogP) is 0.391. The zero-order valence-corrected chi connectivity index (χ0v) is 16.0. The Morgan fingerprint density at radius 2 is 2.08 bits per heavy atom. The van der Waals surface area contributed by atoms with E-state index in [2.05, 4.69) is 0 Å². The molecule has 0 radical (unpaired) electrons. The van der Waals surface area contributed by atoms with Crippen LogP contribution >= 0.6 is 0 Å². The molecule has 2 saturated heterocycles. The Kier molecular flexibility index (Phi) is 6.64. The summed E-state index contributed by atoms with van der Waals surface area (Å²) >= 11 is 0. The van der Waals surface area contributed by atoms with Crippen molar-refractivity contribution in [1.82, 2.24) is 0 Å². The van der Waals surface area contributed by atoms with Gasteiger partial charge in [-0.15, -0.1) is 0 Å². The van der Waals surface area contributed by atoms with Gasteiger partial charge in [0.05, 0.1) is 43.4 Å². The van der Waals surface area contributed by atoms with Crippen LogP contribution < -0.4 is 0 Å². The molecule has 7 nitrogen and oxygen atoms in total. The third kappa shape index (κ3) is 4.03. The molecule has 4 N–H and O–H groups in total. The molecule has 0 aromatic rings. The van der Waals surface area contributed by atoms with Gasteiger partial charge in [-0.25, -0.2) is 0 Å². The summed E-state index contributed by atoms with van der Waals surface area (Å²) in [4.78, 5) is 12.8. The molecular weight excluding hydrogens is 340 g/mol. The van der Waals surface area contributed by atoms with Gasteiger partial charge in [0.25, 0.3) is 0 Å². The number of ether oxygens (including phenoxy) is 2. The van der Waals surface area contributed by atoms with Crippen LogP contribution in [0.5, 0.6) is 0 Å². The summed E-state index contributed by atoms with van der Waals surface area (Å²) in [7, 11) is 0. The second-order valence-corrected chi connectivity index (χ2v) is 7.73. The molecule has 2 rings (SSSR count). The molecular formula is C19H32O7. The van der Waals surface area contributed by atoms with Crippen LogP contribution in [0.3, 0.4) is 0 Å². The Morgan fingerprint density at radius 1 is 1.42 bits per heavy atom. The summed E-state index contributed by atoms with van der Waals surface area (Å²) in [5.41, 5.74) is -0.924. The number of aliphatic hydroxyl groups is 4. The fourth-order valence-electron chi connectivity index (χ4n) is 3.93.